The second-order valence-corrected chi connectivity index (χ2v) is 27.5. The molecule has 3 aliphatic rings. The third kappa shape index (κ3) is 36.4. The zero-order valence-corrected chi connectivity index (χ0v) is 63.8. The number of carbonyl (C=O) groups excluding carboxylic acids is 8. The molecule has 0 spiro atoms. The Morgan fingerprint density at radius 1 is 0.545 bits per heavy atom. The highest BCUT2D eigenvalue weighted by Crippen LogP contribution is 2.50. The number of ether oxygens (including phenoxy) is 6. The number of carbonyl (C=O) groups is 9. The summed E-state index contributed by atoms with van der Waals surface area (Å²) in [6, 6.07) is -0.191. The van der Waals surface area contributed by atoms with Crippen molar-refractivity contribution in [2.75, 3.05) is 31.5 Å². The van der Waals surface area contributed by atoms with Crippen molar-refractivity contribution in [2.45, 2.75) is 223 Å². The molecular formula is C63H98Br3N19O16. The predicted octanol–water partition coefficient (Wildman–Crippen LogP) is 5.11. The number of esters is 3. The number of hydrogen-bond acceptors (Lipinski definition) is 28. The van der Waals surface area contributed by atoms with Crippen LogP contribution < -0.4 is 33.2 Å². The van der Waals surface area contributed by atoms with Crippen molar-refractivity contribution >= 4 is 103 Å². The number of methoxy groups -OCH3 is 2. The summed E-state index contributed by atoms with van der Waals surface area (Å²) in [5, 5.41) is 41.0. The Balaban J connectivity index is 0.000000432. The van der Waals surface area contributed by atoms with Crippen LogP contribution in [0.25, 0.3) is 0 Å². The molecule has 0 aromatic carbocycles. The third-order valence-corrected chi connectivity index (χ3v) is 15.0. The van der Waals surface area contributed by atoms with Gasteiger partial charge in [-0.05, 0) is 132 Å². The number of Topliss-reactive ketones (excluding diaryl/α,β-unsaturated/α-hetero) is 2. The fraction of sp³-hybridized carbons (Fsp3) is 0.635. The number of alkyl halides is 2. The minimum Gasteiger partial charge on any atom is -0.480 e. The summed E-state index contributed by atoms with van der Waals surface area (Å²) >= 11 is 6.27. The summed E-state index contributed by atoms with van der Waals surface area (Å²) in [6.07, 6.45) is 21.5. The van der Waals surface area contributed by atoms with Gasteiger partial charge in [0, 0.05) is 65.5 Å². The highest BCUT2D eigenvalue weighted by Gasteiger charge is 2.50. The molecule has 5 aromatic rings. The Hall–Kier alpha value is -8.07. The molecule has 562 valence electrons. The van der Waals surface area contributed by atoms with E-state index < -0.39 is 83.2 Å². The van der Waals surface area contributed by atoms with E-state index in [-0.39, 0.29) is 57.8 Å². The molecule has 2 aliphatic carbocycles. The minimum absolute atomic E-state index is 0. The van der Waals surface area contributed by atoms with E-state index in [1.165, 1.54) is 36.2 Å². The first-order valence-corrected chi connectivity index (χ1v) is 34.4. The molecule has 2 saturated carbocycles. The van der Waals surface area contributed by atoms with E-state index in [9.17, 15) is 43.2 Å². The molecule has 3 amide bonds. The van der Waals surface area contributed by atoms with Crippen LogP contribution in [0.5, 0.6) is 0 Å². The number of amides is 3. The molecule has 10 N–H and O–H groups in total. The molecule has 0 radical (unpaired) electrons. The van der Waals surface area contributed by atoms with Gasteiger partial charge in [-0.25, -0.2) is 43.9 Å². The minimum atomic E-state index is -0.940. The zero-order valence-electron chi connectivity index (χ0n) is 58.9. The van der Waals surface area contributed by atoms with E-state index in [4.69, 9.17) is 36.5 Å². The van der Waals surface area contributed by atoms with Crippen LogP contribution in [0.3, 0.4) is 0 Å². The molecule has 1 saturated heterocycles. The number of aryl methyl sites for hydroxylation is 3. The summed E-state index contributed by atoms with van der Waals surface area (Å²) in [6.45, 7) is 17.7. The molecular weight excluding hydrogens is 1520 g/mol. The fourth-order valence-electron chi connectivity index (χ4n) is 8.62. The van der Waals surface area contributed by atoms with Crippen LogP contribution >= 0.6 is 48.8 Å². The van der Waals surface area contributed by atoms with Gasteiger partial charge >= 0.3 is 42.2 Å². The number of nitrogens with one attached hydrogen (secondary N) is 3. The van der Waals surface area contributed by atoms with Gasteiger partial charge in [-0.15, -0.1) is 17.0 Å². The second kappa shape index (κ2) is 44.3. The highest BCUT2D eigenvalue weighted by atomic mass is 79.9. The first kappa shape index (κ1) is 89.0. The van der Waals surface area contributed by atoms with Crippen LogP contribution in [-0.2, 0) is 87.7 Å². The molecule has 1 aliphatic heterocycles. The van der Waals surface area contributed by atoms with Crippen molar-refractivity contribution in [3.8, 4) is 0 Å². The van der Waals surface area contributed by atoms with E-state index in [2.05, 4.69) is 113 Å². The lowest BCUT2D eigenvalue weighted by Crippen LogP contribution is -2.45. The Labute approximate surface area is 614 Å². The summed E-state index contributed by atoms with van der Waals surface area (Å²) in [5.74, 6) is -0.778. The van der Waals surface area contributed by atoms with Gasteiger partial charge in [-0.3, -0.25) is 19.2 Å². The first-order chi connectivity index (χ1) is 47.1. The fourth-order valence-corrected chi connectivity index (χ4v) is 9.57. The van der Waals surface area contributed by atoms with E-state index in [0.717, 1.165) is 31.5 Å². The summed E-state index contributed by atoms with van der Waals surface area (Å²) < 4.78 is 29.2. The summed E-state index contributed by atoms with van der Waals surface area (Å²) in [5.41, 5.74) is 13.9. The molecule has 6 unspecified atom stereocenters. The maximum Gasteiger partial charge on any atom is 0.408 e. The number of cyclic esters (lactones) is 1. The lowest BCUT2D eigenvalue weighted by molar-refractivity contribution is -0.144. The number of carboxylic acids is 1. The topological polar surface area (TPSA) is 487 Å². The van der Waals surface area contributed by atoms with Crippen molar-refractivity contribution < 1.29 is 76.7 Å². The SMILES string of the molecule is Br.CC(C)(C)OC(=O)NC(CCn1nccn1)C(=O)CC1(c2ncccn2)CC1.COC(=O)C(CCBr)NC(=O)OC(C)(C)C.COC(=O)C(CCn1nccn1)NC(=O)OC(C)(C)C.NC(CCBr)C(=O)O.NC(CCn1nccn1)C(=O)CC1(c2ncccn2)CC1.NC1CCOC1=O. The van der Waals surface area contributed by atoms with E-state index >= 15 is 0 Å². The average Bonchev–Trinajstić information content (AvgIpc) is 1.63. The maximum absolute atomic E-state index is 13.1. The number of rotatable bonds is 27. The monoisotopic (exact) mass is 1610 g/mol. The number of carboxylic acid groups (broad SMARTS) is 1. The van der Waals surface area contributed by atoms with E-state index in [0.29, 0.717) is 87.7 Å². The number of nitrogens with zero attached hydrogens (tertiary/aromatic N) is 13. The molecule has 38 heteroatoms. The lowest BCUT2D eigenvalue weighted by Gasteiger charge is -2.24. The standard InChI is InChI=1S/C19H26N6O3.C14H18N6O.C12H20N4O4.C10H18BrNO4.C4H8BrNO2.C4H7NO2.BrH/c1-18(2,3)28-17(27)24-14(5-12-25-22-10-11-23-25)15(26)13-19(6-7-19)16-20-8-4-9-21-16;15-11(2-9-20-18-7-8-19-20)12(21)10-14(3-4-14)13-16-5-1-6-17-13;1-12(2,3)20-11(18)15-9(10(17)19-4)5-8-16-13-6-7-14-16;1-10(2,3)16-9(14)12-7(5-6-11)8(13)15-4;5-2-1-3(6)4(7)8;5-3-1-2-7-4(3)6;/h4,8-11,14H,5-7,12-13H2,1-3H3,(H,24,27);1,5-8,11H,2-4,9-10,15H2;6-7,9H,5,8H2,1-4H3,(H,15,18);7H,5-6H2,1-4H3,(H,12,14);3H,1-2,6H2,(H,7,8);3H,1-2,5H2;1H. The third-order valence-electron chi connectivity index (χ3n) is 14.0. The van der Waals surface area contributed by atoms with Crippen molar-refractivity contribution in [1.82, 2.24) is 80.9 Å². The lowest BCUT2D eigenvalue weighted by atomic mass is 9.93. The number of aromatic nitrogens is 13. The Morgan fingerprint density at radius 2 is 0.881 bits per heavy atom. The Kier molecular flexibility index (Phi) is 39.1. The molecule has 6 atom stereocenters. The van der Waals surface area contributed by atoms with Gasteiger partial charge in [0.2, 0.25) is 0 Å². The number of halogens is 3. The van der Waals surface area contributed by atoms with Crippen molar-refractivity contribution in [3.05, 3.63) is 85.7 Å². The Bertz CT molecular complexity index is 3260. The first-order valence-electron chi connectivity index (χ1n) is 32.1. The number of hydrogen-bond donors (Lipinski definition) is 7. The Morgan fingerprint density at radius 3 is 1.17 bits per heavy atom. The van der Waals surface area contributed by atoms with Gasteiger partial charge < -0.3 is 66.7 Å². The quantitative estimate of drug-likeness (QED) is 0.0204. The van der Waals surface area contributed by atoms with Crippen LogP contribution in [-0.4, -0.2) is 208 Å². The predicted molar refractivity (Wildman–Crippen MR) is 377 cm³/mol. The molecule has 8 rings (SSSR count). The van der Waals surface area contributed by atoms with Crippen LogP contribution in [0.2, 0.25) is 0 Å². The molecule has 35 nitrogen and oxygen atoms in total. The number of aliphatic carboxylic acids is 1. The molecule has 5 aromatic heterocycles. The number of ketones is 2. The average molecular weight is 1620 g/mol. The van der Waals surface area contributed by atoms with Crippen LogP contribution in [0, 0.1) is 0 Å². The van der Waals surface area contributed by atoms with E-state index in [1.807, 2.05) is 0 Å². The normalized spacial score (nSPS) is 15.8. The summed E-state index contributed by atoms with van der Waals surface area (Å²) in [4.78, 5) is 125. The molecule has 101 heavy (non-hydrogen) atoms. The van der Waals surface area contributed by atoms with E-state index in [1.54, 1.807) is 129 Å². The molecule has 6 heterocycles. The number of alkyl carbamates (subject to hydrolysis) is 3. The van der Waals surface area contributed by atoms with Crippen LogP contribution in [0.15, 0.2) is 74.1 Å². The van der Waals surface area contributed by atoms with Gasteiger partial charge in [-0.1, -0.05) is 31.9 Å². The smallest absolute Gasteiger partial charge is 0.408 e. The van der Waals surface area contributed by atoms with Gasteiger partial charge in [-0.2, -0.15) is 45.0 Å². The van der Waals surface area contributed by atoms with Crippen molar-refractivity contribution in [1.29, 1.82) is 0 Å². The largest absolute Gasteiger partial charge is 0.480 e. The highest BCUT2D eigenvalue weighted by molar-refractivity contribution is 9.09. The van der Waals surface area contributed by atoms with Gasteiger partial charge in [0.05, 0.1) is 89.7 Å². The molecule has 0 bridgehead atoms. The second-order valence-electron chi connectivity index (χ2n) is 25.9. The summed E-state index contributed by atoms with van der Waals surface area (Å²) in [7, 11) is 2.54. The maximum atomic E-state index is 13.1. The molecule has 3 fully saturated rings. The van der Waals surface area contributed by atoms with Crippen molar-refractivity contribution in [3.63, 3.8) is 0 Å². The van der Waals surface area contributed by atoms with Gasteiger partial charge in [0.1, 0.15) is 52.6 Å². The van der Waals surface area contributed by atoms with Crippen LogP contribution in [0.4, 0.5) is 14.4 Å². The van der Waals surface area contributed by atoms with Crippen LogP contribution in [0.1, 0.15) is 151 Å². The number of nitrogens with two attached hydrogens (primary N) is 3. The van der Waals surface area contributed by atoms with Gasteiger partial charge in [0.15, 0.2) is 11.6 Å². The van der Waals surface area contributed by atoms with Gasteiger partial charge in [0.25, 0.3) is 0 Å². The zero-order chi connectivity index (χ0) is 74.7. The van der Waals surface area contributed by atoms with Crippen molar-refractivity contribution in [2.24, 2.45) is 17.2 Å².